The smallest absolute Gasteiger partial charge is 0.262 e. The van der Waals surface area contributed by atoms with E-state index in [9.17, 15) is 9.59 Å². The van der Waals surface area contributed by atoms with Crippen molar-refractivity contribution < 1.29 is 4.79 Å². The second-order valence-electron chi connectivity index (χ2n) is 5.38. The van der Waals surface area contributed by atoms with Crippen LogP contribution < -0.4 is 10.9 Å². The molecular formula is C17H16ClN3O2S. The van der Waals surface area contributed by atoms with Crippen molar-refractivity contribution in [2.24, 2.45) is 0 Å². The van der Waals surface area contributed by atoms with Crippen LogP contribution in [-0.4, -0.2) is 15.5 Å². The van der Waals surface area contributed by atoms with E-state index in [4.69, 9.17) is 11.6 Å². The number of hydrogen-bond acceptors (Lipinski definition) is 4. The number of nitrogens with zero attached hydrogens (tertiary/aromatic N) is 2. The molecule has 2 aromatic heterocycles. The minimum absolute atomic E-state index is 0.104. The van der Waals surface area contributed by atoms with E-state index >= 15 is 0 Å². The highest BCUT2D eigenvalue weighted by Gasteiger charge is 2.19. The van der Waals surface area contributed by atoms with Crippen molar-refractivity contribution in [1.82, 2.24) is 14.9 Å². The first-order chi connectivity index (χ1) is 11.5. The average molecular weight is 362 g/mol. The molecule has 0 unspecified atom stereocenters. The van der Waals surface area contributed by atoms with Gasteiger partial charge in [0.25, 0.3) is 11.5 Å². The predicted octanol–water partition coefficient (Wildman–Crippen LogP) is 3.37. The Morgan fingerprint density at radius 2 is 2.04 bits per heavy atom. The van der Waals surface area contributed by atoms with Crippen LogP contribution in [-0.2, 0) is 13.1 Å². The van der Waals surface area contributed by atoms with Gasteiger partial charge in [-0.15, -0.1) is 11.3 Å². The van der Waals surface area contributed by atoms with Gasteiger partial charge in [0.15, 0.2) is 0 Å². The Balaban J connectivity index is 1.87. The molecule has 0 saturated carbocycles. The fourth-order valence-corrected chi connectivity index (χ4v) is 3.65. The zero-order valence-electron chi connectivity index (χ0n) is 13.3. The molecule has 1 N–H and O–H groups in total. The monoisotopic (exact) mass is 361 g/mol. The maximum Gasteiger partial charge on any atom is 0.262 e. The number of aryl methyl sites for hydroxylation is 2. The zero-order valence-corrected chi connectivity index (χ0v) is 14.9. The van der Waals surface area contributed by atoms with Gasteiger partial charge < -0.3 is 5.32 Å². The number of carbonyl (C=O) groups excluding carboxylic acids is 1. The second-order valence-corrected chi connectivity index (χ2v) is 6.82. The normalized spacial score (nSPS) is 11.0. The Kier molecular flexibility index (Phi) is 4.69. The fourth-order valence-electron chi connectivity index (χ4n) is 2.47. The lowest BCUT2D eigenvalue weighted by atomic mass is 10.2. The minimum atomic E-state index is -0.201. The molecule has 1 amide bonds. The standard InChI is InChI=1S/C17H16ClN3O2S/c1-3-21-9-20-16-13(17(21)23)10(2)14(24-16)15(22)19-8-11-4-6-12(18)7-5-11/h4-7,9H,3,8H2,1-2H3,(H,19,22). The number of halogens is 1. The predicted molar refractivity (Wildman–Crippen MR) is 96.9 cm³/mol. The number of aromatic nitrogens is 2. The van der Waals surface area contributed by atoms with Crippen LogP contribution in [0.2, 0.25) is 5.02 Å². The summed E-state index contributed by atoms with van der Waals surface area (Å²) in [6.07, 6.45) is 1.52. The number of benzene rings is 1. The number of nitrogens with one attached hydrogen (secondary N) is 1. The summed E-state index contributed by atoms with van der Waals surface area (Å²) in [6, 6.07) is 7.29. The number of fused-ring (bicyclic) bond motifs is 1. The summed E-state index contributed by atoms with van der Waals surface area (Å²) in [5.41, 5.74) is 1.54. The van der Waals surface area contributed by atoms with Crippen molar-refractivity contribution in [3.05, 3.63) is 62.0 Å². The average Bonchev–Trinajstić information content (AvgIpc) is 2.92. The fraction of sp³-hybridized carbons (Fsp3) is 0.235. The van der Waals surface area contributed by atoms with Gasteiger partial charge >= 0.3 is 0 Å². The van der Waals surface area contributed by atoms with Crippen molar-refractivity contribution in [2.75, 3.05) is 0 Å². The van der Waals surface area contributed by atoms with E-state index in [2.05, 4.69) is 10.3 Å². The molecule has 3 rings (SSSR count). The summed E-state index contributed by atoms with van der Waals surface area (Å²) in [5, 5.41) is 4.06. The van der Waals surface area contributed by atoms with Crippen molar-refractivity contribution in [2.45, 2.75) is 26.9 Å². The molecule has 0 saturated heterocycles. The van der Waals surface area contributed by atoms with Gasteiger partial charge in [0.1, 0.15) is 4.83 Å². The Morgan fingerprint density at radius 1 is 1.33 bits per heavy atom. The van der Waals surface area contributed by atoms with Crippen LogP contribution in [0.15, 0.2) is 35.4 Å². The van der Waals surface area contributed by atoms with Crippen molar-refractivity contribution in [1.29, 1.82) is 0 Å². The largest absolute Gasteiger partial charge is 0.347 e. The lowest BCUT2D eigenvalue weighted by Gasteiger charge is -2.05. The lowest BCUT2D eigenvalue weighted by molar-refractivity contribution is 0.0954. The maximum atomic E-state index is 12.5. The van der Waals surface area contributed by atoms with Crippen molar-refractivity contribution in [3.63, 3.8) is 0 Å². The molecule has 0 aliphatic carbocycles. The summed E-state index contributed by atoms with van der Waals surface area (Å²) in [5.74, 6) is -0.201. The van der Waals surface area contributed by atoms with Crippen LogP contribution in [0.4, 0.5) is 0 Å². The molecule has 0 fully saturated rings. The van der Waals surface area contributed by atoms with Crippen LogP contribution in [0.1, 0.15) is 27.7 Å². The first kappa shape index (κ1) is 16.7. The van der Waals surface area contributed by atoms with Gasteiger partial charge in [0.05, 0.1) is 16.6 Å². The van der Waals surface area contributed by atoms with Crippen LogP contribution in [0.3, 0.4) is 0 Å². The molecule has 24 heavy (non-hydrogen) atoms. The van der Waals surface area contributed by atoms with E-state index in [0.717, 1.165) is 5.56 Å². The summed E-state index contributed by atoms with van der Waals surface area (Å²) < 4.78 is 1.54. The number of rotatable bonds is 4. The van der Waals surface area contributed by atoms with Crippen LogP contribution in [0.5, 0.6) is 0 Å². The Labute approximate surface area is 147 Å². The molecule has 0 bridgehead atoms. The maximum absolute atomic E-state index is 12.5. The molecule has 0 aliphatic rings. The topological polar surface area (TPSA) is 64.0 Å². The van der Waals surface area contributed by atoms with E-state index in [-0.39, 0.29) is 11.5 Å². The van der Waals surface area contributed by atoms with Crippen LogP contribution in [0, 0.1) is 6.92 Å². The van der Waals surface area contributed by atoms with E-state index in [1.54, 1.807) is 19.1 Å². The molecule has 0 radical (unpaired) electrons. The molecule has 3 aromatic rings. The summed E-state index contributed by atoms with van der Waals surface area (Å²) in [4.78, 5) is 30.3. The van der Waals surface area contributed by atoms with Crippen LogP contribution in [0.25, 0.3) is 10.2 Å². The number of amides is 1. The van der Waals surface area contributed by atoms with Crippen molar-refractivity contribution in [3.8, 4) is 0 Å². The third-order valence-corrected chi connectivity index (χ3v) is 5.28. The van der Waals surface area contributed by atoms with Gasteiger partial charge in [-0.3, -0.25) is 14.2 Å². The molecule has 124 valence electrons. The number of thiophene rings is 1. The number of carbonyl (C=O) groups is 1. The Morgan fingerprint density at radius 3 is 2.71 bits per heavy atom. The van der Waals surface area contributed by atoms with Crippen molar-refractivity contribution >= 4 is 39.1 Å². The molecule has 0 aliphatic heterocycles. The molecule has 2 heterocycles. The first-order valence-corrected chi connectivity index (χ1v) is 8.72. The molecule has 5 nitrogen and oxygen atoms in total. The lowest BCUT2D eigenvalue weighted by Crippen LogP contribution is -2.23. The first-order valence-electron chi connectivity index (χ1n) is 7.52. The third kappa shape index (κ3) is 3.07. The summed E-state index contributed by atoms with van der Waals surface area (Å²) in [6.45, 7) is 4.63. The van der Waals surface area contributed by atoms with Gasteiger partial charge in [0.2, 0.25) is 0 Å². The molecule has 1 aromatic carbocycles. The molecular weight excluding hydrogens is 346 g/mol. The SMILES string of the molecule is CCn1cnc2sc(C(=O)NCc3ccc(Cl)cc3)c(C)c2c1=O. The zero-order chi connectivity index (χ0) is 17.3. The highest BCUT2D eigenvalue weighted by Crippen LogP contribution is 2.26. The van der Waals surface area contributed by atoms with E-state index in [0.29, 0.717) is 38.8 Å². The third-order valence-electron chi connectivity index (χ3n) is 3.83. The van der Waals surface area contributed by atoms with E-state index < -0.39 is 0 Å². The highest BCUT2D eigenvalue weighted by atomic mass is 35.5. The number of hydrogen-bond donors (Lipinski definition) is 1. The van der Waals surface area contributed by atoms with Gasteiger partial charge in [0, 0.05) is 18.1 Å². The van der Waals surface area contributed by atoms with Gasteiger partial charge in [-0.1, -0.05) is 23.7 Å². The van der Waals surface area contributed by atoms with Gasteiger partial charge in [-0.05, 0) is 37.1 Å². The van der Waals surface area contributed by atoms with Gasteiger partial charge in [-0.2, -0.15) is 0 Å². The highest BCUT2D eigenvalue weighted by molar-refractivity contribution is 7.20. The summed E-state index contributed by atoms with van der Waals surface area (Å²) >= 11 is 7.10. The second kappa shape index (κ2) is 6.75. The summed E-state index contributed by atoms with van der Waals surface area (Å²) in [7, 11) is 0. The molecule has 0 atom stereocenters. The minimum Gasteiger partial charge on any atom is -0.347 e. The molecule has 7 heteroatoms. The Bertz CT molecular complexity index is 960. The van der Waals surface area contributed by atoms with Gasteiger partial charge in [-0.25, -0.2) is 4.98 Å². The quantitative estimate of drug-likeness (QED) is 0.774. The van der Waals surface area contributed by atoms with E-state index in [1.165, 1.54) is 22.2 Å². The molecule has 0 spiro atoms. The van der Waals surface area contributed by atoms with Crippen LogP contribution >= 0.6 is 22.9 Å². The Hall–Kier alpha value is -2.18. The van der Waals surface area contributed by atoms with E-state index in [1.807, 2.05) is 19.1 Å².